The molecular weight excluding hydrogens is 236 g/mol. The van der Waals surface area contributed by atoms with E-state index < -0.39 is 6.79 Å². The zero-order chi connectivity index (χ0) is 12.8. The van der Waals surface area contributed by atoms with Crippen LogP contribution in [0.3, 0.4) is 0 Å². The van der Waals surface area contributed by atoms with Crippen molar-refractivity contribution < 1.29 is 20.0 Å². The highest BCUT2D eigenvalue weighted by molar-refractivity contribution is 5.78. The summed E-state index contributed by atoms with van der Waals surface area (Å²) in [4.78, 5) is 7.84. The van der Waals surface area contributed by atoms with Crippen LogP contribution >= 0.6 is 0 Å². The monoisotopic (exact) mass is 246 g/mol. The molecule has 1 aromatic rings. The first kappa shape index (κ1) is 12.2. The highest BCUT2D eigenvalue weighted by atomic mass is 17.1. The standard InChI is InChI=1S/C12H11N2O4/c15-8-17-10-2-4-14-12(6-10)11-5-9(7-18-16)1-3-13-11/h1-7,15-16H,8H2/q-1/p-1. The molecule has 0 spiro atoms. The first-order chi connectivity index (χ1) is 8.83. The predicted molar refractivity (Wildman–Crippen MR) is 61.6 cm³/mol. The van der Waals surface area contributed by atoms with Crippen LogP contribution in [0.1, 0.15) is 5.69 Å². The number of aliphatic hydroxyl groups is 1. The van der Waals surface area contributed by atoms with E-state index in [0.29, 0.717) is 22.7 Å². The van der Waals surface area contributed by atoms with Crippen LogP contribution in [-0.4, -0.2) is 16.9 Å². The highest BCUT2D eigenvalue weighted by Gasteiger charge is 2.00. The minimum atomic E-state index is -0.408. The summed E-state index contributed by atoms with van der Waals surface area (Å²) in [5.74, 6) is 0.485. The van der Waals surface area contributed by atoms with Crippen LogP contribution in [0.4, 0.5) is 0 Å². The number of pyridine rings is 1. The number of aliphatic hydroxyl groups excluding tert-OH is 1. The van der Waals surface area contributed by atoms with Gasteiger partial charge in [0.15, 0.2) is 6.79 Å². The number of hydrogen-bond acceptors (Lipinski definition) is 5. The van der Waals surface area contributed by atoms with Crippen molar-refractivity contribution in [1.82, 2.24) is 4.98 Å². The molecule has 1 aromatic heterocycles. The van der Waals surface area contributed by atoms with Crippen molar-refractivity contribution in [3.05, 3.63) is 59.5 Å². The van der Waals surface area contributed by atoms with Gasteiger partial charge in [0, 0.05) is 17.8 Å². The van der Waals surface area contributed by atoms with E-state index in [1.54, 1.807) is 36.7 Å². The van der Waals surface area contributed by atoms with Crippen molar-refractivity contribution in [3.8, 4) is 5.75 Å². The highest BCUT2D eigenvalue weighted by Crippen LogP contribution is 2.27. The molecule has 2 rings (SSSR count). The molecule has 2 heterocycles. The van der Waals surface area contributed by atoms with Crippen LogP contribution in [0.2, 0.25) is 0 Å². The van der Waals surface area contributed by atoms with Gasteiger partial charge in [-0.25, -0.2) is 0 Å². The quantitative estimate of drug-likeness (QED) is 0.368. The van der Waals surface area contributed by atoms with Gasteiger partial charge >= 0.3 is 0 Å². The van der Waals surface area contributed by atoms with Crippen molar-refractivity contribution in [2.45, 2.75) is 0 Å². The number of allylic oxidation sites excluding steroid dienone is 3. The Balaban J connectivity index is 2.26. The molecule has 0 atom stereocenters. The lowest BCUT2D eigenvalue weighted by Gasteiger charge is -2.25. The lowest BCUT2D eigenvalue weighted by molar-refractivity contribution is -0.665. The fourth-order valence-corrected chi connectivity index (χ4v) is 1.43. The lowest BCUT2D eigenvalue weighted by atomic mass is 10.1. The summed E-state index contributed by atoms with van der Waals surface area (Å²) in [5, 5.41) is 22.9. The maximum atomic E-state index is 10.0. The van der Waals surface area contributed by atoms with E-state index in [1.807, 2.05) is 0 Å². The first-order valence-corrected chi connectivity index (χ1v) is 5.11. The van der Waals surface area contributed by atoms with Crippen molar-refractivity contribution in [2.24, 2.45) is 0 Å². The number of aromatic nitrogens is 1. The zero-order valence-electron chi connectivity index (χ0n) is 9.31. The van der Waals surface area contributed by atoms with Gasteiger partial charge in [0.2, 0.25) is 0 Å². The van der Waals surface area contributed by atoms with Crippen molar-refractivity contribution >= 4 is 5.70 Å². The SMILES string of the molecule is [O-]OC=C1C=C[N-]C(c2cc(OCO)ccn2)=C1. The van der Waals surface area contributed by atoms with Crippen LogP contribution in [-0.2, 0) is 4.89 Å². The fourth-order valence-electron chi connectivity index (χ4n) is 1.43. The van der Waals surface area contributed by atoms with Crippen LogP contribution in [0, 0.1) is 0 Å². The number of rotatable bonds is 4. The van der Waals surface area contributed by atoms with E-state index >= 15 is 0 Å². The smallest absolute Gasteiger partial charge is 0.186 e. The molecule has 1 aliphatic heterocycles. The molecule has 0 saturated heterocycles. The van der Waals surface area contributed by atoms with E-state index in [0.717, 1.165) is 6.26 Å². The summed E-state index contributed by atoms with van der Waals surface area (Å²) >= 11 is 0. The van der Waals surface area contributed by atoms with E-state index in [2.05, 4.69) is 15.2 Å². The zero-order valence-corrected chi connectivity index (χ0v) is 9.31. The average Bonchev–Trinajstić information content (AvgIpc) is 2.40. The second-order valence-electron chi connectivity index (χ2n) is 3.34. The Morgan fingerprint density at radius 1 is 1.50 bits per heavy atom. The van der Waals surface area contributed by atoms with E-state index in [-0.39, 0.29) is 0 Å². The Kier molecular flexibility index (Phi) is 3.95. The second-order valence-corrected chi connectivity index (χ2v) is 3.34. The molecule has 0 radical (unpaired) electrons. The molecule has 18 heavy (non-hydrogen) atoms. The normalized spacial score (nSPS) is 16.1. The largest absolute Gasteiger partial charge is 0.664 e. The minimum Gasteiger partial charge on any atom is -0.664 e. The van der Waals surface area contributed by atoms with E-state index in [1.165, 1.54) is 0 Å². The Hall–Kier alpha value is -2.31. The van der Waals surface area contributed by atoms with Crippen molar-refractivity contribution in [3.63, 3.8) is 0 Å². The number of hydrogen-bond donors (Lipinski definition) is 1. The summed E-state index contributed by atoms with van der Waals surface area (Å²) in [5.41, 5.74) is 1.73. The van der Waals surface area contributed by atoms with Crippen molar-refractivity contribution in [1.29, 1.82) is 0 Å². The lowest BCUT2D eigenvalue weighted by Crippen LogP contribution is -1.99. The molecule has 0 aromatic carbocycles. The fraction of sp³-hybridized carbons (Fsp3) is 0.0833. The number of ether oxygens (including phenoxy) is 1. The second kappa shape index (κ2) is 5.85. The summed E-state index contributed by atoms with van der Waals surface area (Å²) in [7, 11) is 0. The van der Waals surface area contributed by atoms with Gasteiger partial charge < -0.3 is 25.3 Å². The van der Waals surface area contributed by atoms with Crippen LogP contribution in [0.5, 0.6) is 5.75 Å². The van der Waals surface area contributed by atoms with E-state index in [9.17, 15) is 5.26 Å². The molecule has 6 nitrogen and oxygen atoms in total. The van der Waals surface area contributed by atoms with Gasteiger partial charge in [-0.1, -0.05) is 12.2 Å². The Morgan fingerprint density at radius 2 is 2.39 bits per heavy atom. The molecular formula is C12H10N2O4-2. The molecule has 94 valence electrons. The van der Waals surface area contributed by atoms with Crippen LogP contribution in [0.25, 0.3) is 11.0 Å². The van der Waals surface area contributed by atoms with E-state index in [4.69, 9.17) is 9.84 Å². The molecule has 0 amide bonds. The molecule has 6 heteroatoms. The summed E-state index contributed by atoms with van der Waals surface area (Å²) in [6, 6.07) is 3.26. The summed E-state index contributed by atoms with van der Waals surface area (Å²) in [6.45, 7) is -0.408. The Labute approximate surface area is 103 Å². The third-order valence-electron chi connectivity index (χ3n) is 2.19. The molecule has 0 aliphatic carbocycles. The third-order valence-corrected chi connectivity index (χ3v) is 2.19. The van der Waals surface area contributed by atoms with Crippen LogP contribution in [0.15, 0.2) is 48.5 Å². The predicted octanol–water partition coefficient (Wildman–Crippen LogP) is 0.828. The topological polar surface area (TPSA) is 88.7 Å². The Bertz CT molecular complexity index is 509. The van der Waals surface area contributed by atoms with Gasteiger partial charge in [0.1, 0.15) is 5.75 Å². The van der Waals surface area contributed by atoms with Gasteiger partial charge in [0.25, 0.3) is 0 Å². The minimum absolute atomic E-state index is 0.408. The number of nitrogens with zero attached hydrogens (tertiary/aromatic N) is 2. The Morgan fingerprint density at radius 3 is 3.17 bits per heavy atom. The third kappa shape index (κ3) is 2.88. The maximum absolute atomic E-state index is 10.0. The summed E-state index contributed by atoms with van der Waals surface area (Å²) in [6.07, 6.45) is 7.45. The molecule has 0 fully saturated rings. The first-order valence-electron chi connectivity index (χ1n) is 5.11. The van der Waals surface area contributed by atoms with Gasteiger partial charge in [-0.2, -0.15) is 6.20 Å². The molecule has 0 saturated carbocycles. The average molecular weight is 246 g/mol. The summed E-state index contributed by atoms with van der Waals surface area (Å²) < 4.78 is 4.95. The van der Waals surface area contributed by atoms with Gasteiger partial charge in [-0.3, -0.25) is 4.98 Å². The molecule has 0 unspecified atom stereocenters. The van der Waals surface area contributed by atoms with Crippen molar-refractivity contribution in [2.75, 3.05) is 6.79 Å². The van der Waals surface area contributed by atoms with Crippen LogP contribution < -0.4 is 9.99 Å². The molecule has 1 N–H and O–H groups in total. The van der Waals surface area contributed by atoms with Gasteiger partial charge in [0.05, 0.1) is 12.0 Å². The van der Waals surface area contributed by atoms with Gasteiger partial charge in [-0.05, 0) is 6.07 Å². The maximum Gasteiger partial charge on any atom is 0.186 e. The molecule has 0 bridgehead atoms. The van der Waals surface area contributed by atoms with Gasteiger partial charge in [-0.15, -0.1) is 5.70 Å². The molecule has 1 aliphatic rings.